The highest BCUT2D eigenvalue weighted by atomic mass is 19.1. The quantitative estimate of drug-likeness (QED) is 0.404. The van der Waals surface area contributed by atoms with E-state index in [0.29, 0.717) is 54.9 Å². The maximum atomic E-state index is 14.5. The van der Waals surface area contributed by atoms with E-state index in [1.54, 1.807) is 30.3 Å². The molecule has 2 saturated heterocycles. The molecule has 10 heteroatoms. The zero-order chi connectivity index (χ0) is 30.1. The van der Waals surface area contributed by atoms with E-state index in [1.165, 1.54) is 11.0 Å². The van der Waals surface area contributed by atoms with Crippen molar-refractivity contribution in [2.24, 2.45) is 5.92 Å². The summed E-state index contributed by atoms with van der Waals surface area (Å²) in [6.45, 7) is 1.72. The molecule has 0 saturated carbocycles. The summed E-state index contributed by atoms with van der Waals surface area (Å²) in [5.74, 6) is -0.829. The number of amides is 3. The van der Waals surface area contributed by atoms with E-state index in [4.69, 9.17) is 10.00 Å². The van der Waals surface area contributed by atoms with Gasteiger partial charge in [-0.25, -0.2) is 4.39 Å². The summed E-state index contributed by atoms with van der Waals surface area (Å²) >= 11 is 0. The third kappa shape index (κ3) is 5.68. The predicted octanol–water partition coefficient (Wildman–Crippen LogP) is 3.99. The number of aliphatic hydroxyl groups is 1. The first-order valence-corrected chi connectivity index (χ1v) is 14.4. The normalized spacial score (nSPS) is 19.6. The fraction of sp³-hybridized carbons (Fsp3) is 0.333. The minimum absolute atomic E-state index is 0.0385. The number of benzene rings is 3. The molecule has 6 rings (SSSR count). The van der Waals surface area contributed by atoms with Crippen molar-refractivity contribution in [2.45, 2.75) is 51.0 Å². The number of carbonyl (C=O) groups is 3. The molecule has 1 unspecified atom stereocenters. The van der Waals surface area contributed by atoms with Crippen LogP contribution in [0.2, 0.25) is 0 Å². The molecular weight excluding hydrogens is 551 g/mol. The molecule has 0 radical (unpaired) electrons. The largest absolute Gasteiger partial charge is 0.489 e. The second kappa shape index (κ2) is 11.9. The van der Waals surface area contributed by atoms with Crippen LogP contribution < -0.4 is 15.0 Å². The van der Waals surface area contributed by atoms with Gasteiger partial charge < -0.3 is 19.6 Å². The highest BCUT2D eigenvalue weighted by Crippen LogP contribution is 2.35. The summed E-state index contributed by atoms with van der Waals surface area (Å²) in [7, 11) is 0. The molecule has 3 aliphatic rings. The Morgan fingerprint density at radius 2 is 1.81 bits per heavy atom. The number of fused-ring (bicyclic) bond motifs is 1. The lowest BCUT2D eigenvalue weighted by molar-refractivity contribution is -0.136. The number of nitriles is 1. The minimum Gasteiger partial charge on any atom is -0.489 e. The zero-order valence-corrected chi connectivity index (χ0v) is 23.5. The Morgan fingerprint density at radius 3 is 2.51 bits per heavy atom. The van der Waals surface area contributed by atoms with Gasteiger partial charge in [0.25, 0.3) is 5.91 Å². The second-order valence-electron chi connectivity index (χ2n) is 11.3. The van der Waals surface area contributed by atoms with Gasteiger partial charge >= 0.3 is 0 Å². The number of piperidine rings is 2. The van der Waals surface area contributed by atoms with Crippen molar-refractivity contribution in [1.29, 1.82) is 5.26 Å². The number of carbonyl (C=O) groups excluding carboxylic acids is 3. The fourth-order valence-electron chi connectivity index (χ4n) is 6.23. The van der Waals surface area contributed by atoms with Crippen LogP contribution in [0.1, 0.15) is 64.4 Å². The molecule has 9 nitrogen and oxygen atoms in total. The van der Waals surface area contributed by atoms with Crippen LogP contribution >= 0.6 is 0 Å². The predicted molar refractivity (Wildman–Crippen MR) is 154 cm³/mol. The van der Waals surface area contributed by atoms with Gasteiger partial charge in [0.05, 0.1) is 30.0 Å². The zero-order valence-electron chi connectivity index (χ0n) is 23.5. The van der Waals surface area contributed by atoms with Gasteiger partial charge in [0.2, 0.25) is 11.8 Å². The van der Waals surface area contributed by atoms with Crippen LogP contribution in [0.5, 0.6) is 5.75 Å². The third-order valence-corrected chi connectivity index (χ3v) is 8.66. The van der Waals surface area contributed by atoms with Crippen LogP contribution in [0.15, 0.2) is 60.7 Å². The Labute approximate surface area is 248 Å². The molecule has 220 valence electrons. The first-order chi connectivity index (χ1) is 20.8. The Morgan fingerprint density at radius 1 is 1.05 bits per heavy atom. The third-order valence-electron chi connectivity index (χ3n) is 8.66. The van der Waals surface area contributed by atoms with Gasteiger partial charge in [-0.1, -0.05) is 30.3 Å². The van der Waals surface area contributed by atoms with Gasteiger partial charge in [0.15, 0.2) is 0 Å². The second-order valence-corrected chi connectivity index (χ2v) is 11.3. The molecule has 0 aromatic heterocycles. The summed E-state index contributed by atoms with van der Waals surface area (Å²) in [5.41, 5.74) is 3.68. The number of aliphatic hydroxyl groups excluding tert-OH is 1. The van der Waals surface area contributed by atoms with Gasteiger partial charge in [-0.2, -0.15) is 5.26 Å². The molecule has 2 atom stereocenters. The number of nitrogens with zero attached hydrogens (tertiary/aromatic N) is 3. The van der Waals surface area contributed by atoms with Crippen molar-refractivity contribution in [1.82, 2.24) is 10.2 Å². The molecule has 2 N–H and O–H groups in total. The van der Waals surface area contributed by atoms with Crippen molar-refractivity contribution in [2.75, 3.05) is 18.0 Å². The van der Waals surface area contributed by atoms with Gasteiger partial charge in [-0.3, -0.25) is 19.7 Å². The standard InChI is InChI=1S/C33H31FN4O5/c34-26-16-21(17-35)6-9-27(26)37-14-12-23(13-15-37)31(40)22-7-4-20(5-8-22)19-43-29-3-1-2-24-25(29)18-38(33(24)42)28-10-11-30(39)36-32(28)41/h1-9,16,23,28,31,40H,10-15,18-19H2,(H,36,39,41)/t28-,31?/m0/s1. The highest BCUT2D eigenvalue weighted by Gasteiger charge is 2.40. The first-order valence-electron chi connectivity index (χ1n) is 14.4. The average Bonchev–Trinajstić information content (AvgIpc) is 3.36. The van der Waals surface area contributed by atoms with E-state index >= 15 is 0 Å². The molecule has 3 amide bonds. The van der Waals surface area contributed by atoms with Crippen molar-refractivity contribution < 1.29 is 28.6 Å². The molecule has 2 fully saturated rings. The van der Waals surface area contributed by atoms with E-state index in [1.807, 2.05) is 35.2 Å². The van der Waals surface area contributed by atoms with E-state index in [0.717, 1.165) is 16.7 Å². The SMILES string of the molecule is N#Cc1ccc(N2CCC(C(O)c3ccc(COc4cccc5c4CN([C@H]4CCC(=O)NC4=O)C5=O)cc3)CC2)c(F)c1. The summed E-state index contributed by atoms with van der Waals surface area (Å²) < 4.78 is 20.6. The van der Waals surface area contributed by atoms with E-state index < -0.39 is 23.9 Å². The van der Waals surface area contributed by atoms with Gasteiger partial charge in [0, 0.05) is 30.6 Å². The van der Waals surface area contributed by atoms with Crippen LogP contribution in [0, 0.1) is 23.1 Å². The smallest absolute Gasteiger partial charge is 0.255 e. The lowest BCUT2D eigenvalue weighted by Crippen LogP contribution is -2.52. The number of halogens is 1. The van der Waals surface area contributed by atoms with E-state index in [2.05, 4.69) is 5.32 Å². The summed E-state index contributed by atoms with van der Waals surface area (Å²) in [5, 5.41) is 22.4. The number of imide groups is 1. The lowest BCUT2D eigenvalue weighted by atomic mass is 9.87. The number of nitrogens with one attached hydrogen (secondary N) is 1. The molecule has 0 bridgehead atoms. The number of hydrogen-bond donors (Lipinski definition) is 2. The maximum Gasteiger partial charge on any atom is 0.255 e. The molecule has 3 aromatic carbocycles. The molecule has 0 aliphatic carbocycles. The first kappa shape index (κ1) is 28.4. The highest BCUT2D eigenvalue weighted by molar-refractivity contribution is 6.05. The molecular formula is C33H31FN4O5. The molecule has 0 spiro atoms. The Bertz CT molecular complexity index is 1610. The van der Waals surface area contributed by atoms with Crippen LogP contribution in [0.25, 0.3) is 0 Å². The number of ether oxygens (including phenoxy) is 1. The number of hydrogen-bond acceptors (Lipinski definition) is 7. The van der Waals surface area contributed by atoms with Crippen LogP contribution in [-0.4, -0.2) is 46.9 Å². The van der Waals surface area contributed by atoms with Crippen LogP contribution in [-0.2, 0) is 22.7 Å². The van der Waals surface area contributed by atoms with Crippen molar-refractivity contribution in [3.05, 3.63) is 94.3 Å². The Hall–Kier alpha value is -4.75. The number of rotatable bonds is 7. The molecule has 3 aliphatic heterocycles. The van der Waals surface area contributed by atoms with E-state index in [-0.39, 0.29) is 37.3 Å². The molecule has 43 heavy (non-hydrogen) atoms. The van der Waals surface area contributed by atoms with Crippen molar-refractivity contribution in [3.8, 4) is 11.8 Å². The topological polar surface area (TPSA) is 123 Å². The summed E-state index contributed by atoms with van der Waals surface area (Å²) in [6, 6.07) is 18.6. The number of anilines is 1. The average molecular weight is 583 g/mol. The maximum absolute atomic E-state index is 14.5. The summed E-state index contributed by atoms with van der Waals surface area (Å²) in [6.07, 6.45) is 1.26. The Balaban J connectivity index is 1.05. The minimum atomic E-state index is -0.686. The fourth-order valence-corrected chi connectivity index (χ4v) is 6.23. The van der Waals surface area contributed by atoms with Gasteiger partial charge in [-0.05, 0) is 66.6 Å². The lowest BCUT2D eigenvalue weighted by Gasteiger charge is -2.36. The monoisotopic (exact) mass is 582 g/mol. The van der Waals surface area contributed by atoms with E-state index in [9.17, 15) is 23.9 Å². The van der Waals surface area contributed by atoms with Crippen molar-refractivity contribution in [3.63, 3.8) is 0 Å². The molecule has 3 heterocycles. The van der Waals surface area contributed by atoms with Crippen LogP contribution in [0.4, 0.5) is 10.1 Å². The van der Waals surface area contributed by atoms with Gasteiger partial charge in [0.1, 0.15) is 24.2 Å². The van der Waals surface area contributed by atoms with Crippen molar-refractivity contribution >= 4 is 23.4 Å². The van der Waals surface area contributed by atoms with Crippen LogP contribution in [0.3, 0.4) is 0 Å². The summed E-state index contributed by atoms with van der Waals surface area (Å²) in [4.78, 5) is 40.4. The van der Waals surface area contributed by atoms with Gasteiger partial charge in [-0.15, -0.1) is 0 Å². The molecule has 3 aromatic rings. The Kier molecular flexibility index (Phi) is 7.82.